The molecule has 1 unspecified atom stereocenters. The number of anilines is 2. The first-order valence-electron chi connectivity index (χ1n) is 6.28. The van der Waals surface area contributed by atoms with Crippen LogP contribution in [-0.2, 0) is 6.42 Å². The van der Waals surface area contributed by atoms with Crippen molar-refractivity contribution in [2.24, 2.45) is 0 Å². The van der Waals surface area contributed by atoms with Crippen LogP contribution >= 0.6 is 0 Å². The molecular formula is C15H18FN3. The van der Waals surface area contributed by atoms with E-state index in [9.17, 15) is 4.39 Å². The average Bonchev–Trinajstić information content (AvgIpc) is 2.38. The van der Waals surface area contributed by atoms with Crippen LogP contribution in [0.5, 0.6) is 0 Å². The van der Waals surface area contributed by atoms with Crippen molar-refractivity contribution in [1.29, 1.82) is 0 Å². The summed E-state index contributed by atoms with van der Waals surface area (Å²) in [5, 5.41) is 3.28. The van der Waals surface area contributed by atoms with Gasteiger partial charge in [-0.25, -0.2) is 9.37 Å². The number of nitrogens with one attached hydrogen (secondary N) is 1. The van der Waals surface area contributed by atoms with Crippen molar-refractivity contribution in [2.75, 3.05) is 11.1 Å². The number of aryl methyl sites for hydroxylation is 1. The van der Waals surface area contributed by atoms with Crippen molar-refractivity contribution in [3.8, 4) is 0 Å². The number of nitrogens with two attached hydrogens (primary N) is 1. The molecule has 0 fully saturated rings. The van der Waals surface area contributed by atoms with Gasteiger partial charge in [-0.15, -0.1) is 0 Å². The van der Waals surface area contributed by atoms with Crippen LogP contribution in [0.25, 0.3) is 0 Å². The van der Waals surface area contributed by atoms with Crippen molar-refractivity contribution in [1.82, 2.24) is 4.98 Å². The first-order chi connectivity index (χ1) is 9.06. The number of benzene rings is 1. The molecule has 3 N–H and O–H groups in total. The molecule has 0 aliphatic heterocycles. The number of pyridine rings is 1. The summed E-state index contributed by atoms with van der Waals surface area (Å²) in [6, 6.07) is 8.58. The first kappa shape index (κ1) is 13.3. The van der Waals surface area contributed by atoms with Crippen molar-refractivity contribution >= 4 is 11.5 Å². The highest BCUT2D eigenvalue weighted by molar-refractivity contribution is 5.65. The van der Waals surface area contributed by atoms with E-state index in [4.69, 9.17) is 5.73 Å². The molecule has 19 heavy (non-hydrogen) atoms. The Kier molecular flexibility index (Phi) is 4.00. The minimum absolute atomic E-state index is 0.169. The molecule has 0 bridgehead atoms. The monoisotopic (exact) mass is 259 g/mol. The maximum Gasteiger partial charge on any atom is 0.149 e. The second kappa shape index (κ2) is 5.69. The third kappa shape index (κ3) is 3.44. The summed E-state index contributed by atoms with van der Waals surface area (Å²) in [6.07, 6.45) is 2.52. The largest absolute Gasteiger partial charge is 0.396 e. The zero-order valence-corrected chi connectivity index (χ0v) is 11.2. The number of aromatic nitrogens is 1. The number of nitrogens with zero attached hydrogens (tertiary/aromatic N) is 1. The van der Waals surface area contributed by atoms with E-state index in [0.717, 1.165) is 17.5 Å². The molecule has 0 spiro atoms. The molecule has 0 saturated heterocycles. The third-order valence-electron chi connectivity index (χ3n) is 3.05. The Morgan fingerprint density at radius 3 is 2.63 bits per heavy atom. The van der Waals surface area contributed by atoms with Crippen LogP contribution in [0, 0.1) is 12.7 Å². The minimum atomic E-state index is -0.214. The topological polar surface area (TPSA) is 50.9 Å². The van der Waals surface area contributed by atoms with Gasteiger partial charge in [0.15, 0.2) is 0 Å². The maximum atomic E-state index is 12.8. The lowest BCUT2D eigenvalue weighted by Gasteiger charge is -2.16. The van der Waals surface area contributed by atoms with Gasteiger partial charge in [0.05, 0.1) is 5.69 Å². The van der Waals surface area contributed by atoms with Crippen LogP contribution in [0.2, 0.25) is 0 Å². The molecule has 0 aliphatic rings. The Morgan fingerprint density at radius 1 is 1.26 bits per heavy atom. The fourth-order valence-electron chi connectivity index (χ4n) is 1.94. The smallest absolute Gasteiger partial charge is 0.149 e. The van der Waals surface area contributed by atoms with Gasteiger partial charge in [0, 0.05) is 12.2 Å². The van der Waals surface area contributed by atoms with E-state index in [1.807, 2.05) is 19.9 Å². The lowest BCUT2D eigenvalue weighted by Crippen LogP contribution is -2.20. The van der Waals surface area contributed by atoms with Crippen LogP contribution in [0.1, 0.15) is 18.1 Å². The molecule has 1 aromatic carbocycles. The average molecular weight is 259 g/mol. The van der Waals surface area contributed by atoms with E-state index in [-0.39, 0.29) is 11.9 Å². The summed E-state index contributed by atoms with van der Waals surface area (Å²) in [5.41, 5.74) is 8.73. The number of hydrogen-bond donors (Lipinski definition) is 2. The Hall–Kier alpha value is -2.10. The molecule has 2 aromatic rings. The zero-order chi connectivity index (χ0) is 13.8. The van der Waals surface area contributed by atoms with Crippen molar-refractivity contribution in [2.45, 2.75) is 26.3 Å². The van der Waals surface area contributed by atoms with Gasteiger partial charge in [-0.3, -0.25) is 0 Å². The molecule has 2 rings (SSSR count). The summed E-state index contributed by atoms with van der Waals surface area (Å²) in [4.78, 5) is 4.24. The van der Waals surface area contributed by atoms with Gasteiger partial charge in [-0.1, -0.05) is 12.1 Å². The van der Waals surface area contributed by atoms with Gasteiger partial charge in [0.2, 0.25) is 0 Å². The number of halogens is 1. The van der Waals surface area contributed by atoms with Crippen molar-refractivity contribution < 1.29 is 4.39 Å². The highest BCUT2D eigenvalue weighted by Crippen LogP contribution is 2.20. The van der Waals surface area contributed by atoms with Crippen LogP contribution in [0.15, 0.2) is 36.5 Å². The SMILES string of the molecule is Cc1ccnc(NC(C)Cc2ccc(F)cc2)c1N. The van der Waals surface area contributed by atoms with E-state index < -0.39 is 0 Å². The second-order valence-electron chi connectivity index (χ2n) is 4.77. The van der Waals surface area contributed by atoms with Gasteiger partial charge < -0.3 is 11.1 Å². The Labute approximate surface area is 112 Å². The molecule has 0 aliphatic carbocycles. The second-order valence-corrected chi connectivity index (χ2v) is 4.77. The molecule has 1 heterocycles. The molecule has 100 valence electrons. The number of nitrogen functional groups attached to an aromatic ring is 1. The predicted octanol–water partition coefficient (Wildman–Crippen LogP) is 3.15. The molecule has 1 aromatic heterocycles. The molecule has 1 atom stereocenters. The van der Waals surface area contributed by atoms with Crippen LogP contribution in [0.3, 0.4) is 0 Å². The van der Waals surface area contributed by atoms with Crippen LogP contribution < -0.4 is 11.1 Å². The third-order valence-corrected chi connectivity index (χ3v) is 3.05. The zero-order valence-electron chi connectivity index (χ0n) is 11.2. The van der Waals surface area contributed by atoms with E-state index in [1.165, 1.54) is 12.1 Å². The van der Waals surface area contributed by atoms with E-state index in [0.29, 0.717) is 11.5 Å². The summed E-state index contributed by atoms with van der Waals surface area (Å²) < 4.78 is 12.8. The quantitative estimate of drug-likeness (QED) is 0.886. The lowest BCUT2D eigenvalue weighted by atomic mass is 10.1. The Morgan fingerprint density at radius 2 is 1.95 bits per heavy atom. The molecule has 0 amide bonds. The van der Waals surface area contributed by atoms with E-state index in [1.54, 1.807) is 18.3 Å². The summed E-state index contributed by atoms with van der Waals surface area (Å²) in [6.45, 7) is 4.00. The van der Waals surface area contributed by atoms with Gasteiger partial charge in [0.1, 0.15) is 11.6 Å². The van der Waals surface area contributed by atoms with Crippen LogP contribution in [-0.4, -0.2) is 11.0 Å². The molecular weight excluding hydrogens is 241 g/mol. The Balaban J connectivity index is 2.03. The highest BCUT2D eigenvalue weighted by atomic mass is 19.1. The van der Waals surface area contributed by atoms with Crippen molar-refractivity contribution in [3.63, 3.8) is 0 Å². The maximum absolute atomic E-state index is 12.8. The normalized spacial score (nSPS) is 12.2. The van der Waals surface area contributed by atoms with Gasteiger partial charge in [0.25, 0.3) is 0 Å². The molecule has 0 radical (unpaired) electrons. The fourth-order valence-corrected chi connectivity index (χ4v) is 1.94. The van der Waals surface area contributed by atoms with Crippen LogP contribution in [0.4, 0.5) is 15.9 Å². The number of rotatable bonds is 4. The standard InChI is InChI=1S/C15H18FN3/c1-10-7-8-18-15(14(10)17)19-11(2)9-12-3-5-13(16)6-4-12/h3-8,11H,9,17H2,1-2H3,(H,18,19). The Bertz CT molecular complexity index is 552. The van der Waals surface area contributed by atoms with Gasteiger partial charge >= 0.3 is 0 Å². The van der Waals surface area contributed by atoms with Gasteiger partial charge in [-0.05, 0) is 49.6 Å². The van der Waals surface area contributed by atoms with Gasteiger partial charge in [-0.2, -0.15) is 0 Å². The number of hydrogen-bond acceptors (Lipinski definition) is 3. The molecule has 4 heteroatoms. The predicted molar refractivity (Wildman–Crippen MR) is 76.6 cm³/mol. The lowest BCUT2D eigenvalue weighted by molar-refractivity contribution is 0.626. The minimum Gasteiger partial charge on any atom is -0.396 e. The summed E-state index contributed by atoms with van der Waals surface area (Å²) in [7, 11) is 0. The van der Waals surface area contributed by atoms with E-state index >= 15 is 0 Å². The summed E-state index contributed by atoms with van der Waals surface area (Å²) >= 11 is 0. The molecule has 3 nitrogen and oxygen atoms in total. The highest BCUT2D eigenvalue weighted by Gasteiger charge is 2.08. The first-order valence-corrected chi connectivity index (χ1v) is 6.28. The van der Waals surface area contributed by atoms with Crippen molar-refractivity contribution in [3.05, 3.63) is 53.5 Å². The summed E-state index contributed by atoms with van der Waals surface area (Å²) in [5.74, 6) is 0.489. The molecule has 0 saturated carbocycles. The van der Waals surface area contributed by atoms with E-state index in [2.05, 4.69) is 10.3 Å². The fraction of sp³-hybridized carbons (Fsp3) is 0.267.